The molecular weight excluding hydrogens is 266 g/mol. The summed E-state index contributed by atoms with van der Waals surface area (Å²) < 4.78 is 5.72. The van der Waals surface area contributed by atoms with Crippen molar-refractivity contribution in [3.8, 4) is 5.75 Å². The lowest BCUT2D eigenvalue weighted by atomic mass is 9.95. The monoisotopic (exact) mass is 291 g/mol. The molecule has 1 aliphatic rings. The summed E-state index contributed by atoms with van der Waals surface area (Å²) in [6.07, 6.45) is 5.21. The van der Waals surface area contributed by atoms with Gasteiger partial charge in [-0.05, 0) is 32.8 Å². The van der Waals surface area contributed by atoms with Crippen LogP contribution in [-0.2, 0) is 11.4 Å². The Labute approximate surface area is 126 Å². The molecule has 1 amide bonds. The molecule has 1 fully saturated rings. The molecule has 1 aromatic rings. The van der Waals surface area contributed by atoms with Crippen LogP contribution in [0.25, 0.3) is 0 Å². The van der Waals surface area contributed by atoms with Crippen LogP contribution < -0.4 is 10.1 Å². The molecule has 0 bridgehead atoms. The number of hydrogen-bond acceptors (Lipinski definition) is 3. The highest BCUT2D eigenvalue weighted by Crippen LogP contribution is 2.22. The van der Waals surface area contributed by atoms with E-state index in [1.807, 2.05) is 25.1 Å². The van der Waals surface area contributed by atoms with Gasteiger partial charge in [-0.3, -0.25) is 4.79 Å². The Hall–Kier alpha value is -1.55. The van der Waals surface area contributed by atoms with Crippen LogP contribution in [0.15, 0.2) is 18.2 Å². The molecule has 21 heavy (non-hydrogen) atoms. The van der Waals surface area contributed by atoms with Crippen LogP contribution in [0, 0.1) is 6.92 Å². The molecule has 1 unspecified atom stereocenters. The second-order valence-corrected chi connectivity index (χ2v) is 5.87. The van der Waals surface area contributed by atoms with Gasteiger partial charge in [0.2, 0.25) is 0 Å². The normalized spacial score (nSPS) is 17.3. The van der Waals surface area contributed by atoms with Gasteiger partial charge in [-0.2, -0.15) is 0 Å². The lowest BCUT2D eigenvalue weighted by molar-refractivity contribution is -0.128. The minimum absolute atomic E-state index is 0.0774. The van der Waals surface area contributed by atoms with Crippen molar-refractivity contribution in [3.63, 3.8) is 0 Å². The number of aliphatic hydroxyl groups is 1. The van der Waals surface area contributed by atoms with Crippen LogP contribution in [0.4, 0.5) is 0 Å². The van der Waals surface area contributed by atoms with E-state index in [2.05, 4.69) is 5.32 Å². The van der Waals surface area contributed by atoms with Gasteiger partial charge in [0.15, 0.2) is 6.10 Å². The van der Waals surface area contributed by atoms with Crippen molar-refractivity contribution in [1.29, 1.82) is 0 Å². The molecule has 1 aromatic carbocycles. The molecule has 116 valence electrons. The number of benzene rings is 1. The number of rotatable bonds is 5. The van der Waals surface area contributed by atoms with E-state index < -0.39 is 6.10 Å². The van der Waals surface area contributed by atoms with Gasteiger partial charge in [-0.25, -0.2) is 0 Å². The summed E-state index contributed by atoms with van der Waals surface area (Å²) in [5.74, 6) is 0.501. The Balaban J connectivity index is 1.93. The predicted octanol–water partition coefficient (Wildman–Crippen LogP) is 2.70. The van der Waals surface area contributed by atoms with Gasteiger partial charge < -0.3 is 15.2 Å². The lowest BCUT2D eigenvalue weighted by Gasteiger charge is -2.25. The first-order valence-corrected chi connectivity index (χ1v) is 7.77. The molecule has 0 radical (unpaired) electrons. The second-order valence-electron chi connectivity index (χ2n) is 5.87. The van der Waals surface area contributed by atoms with E-state index in [0.29, 0.717) is 11.3 Å². The van der Waals surface area contributed by atoms with E-state index in [-0.39, 0.29) is 18.6 Å². The lowest BCUT2D eigenvalue weighted by Crippen LogP contribution is -2.43. The summed E-state index contributed by atoms with van der Waals surface area (Å²) in [5, 5.41) is 12.4. The van der Waals surface area contributed by atoms with Gasteiger partial charge in [0.1, 0.15) is 5.75 Å². The number of carbonyl (C=O) groups is 1. The molecule has 1 atom stereocenters. The molecule has 0 aromatic heterocycles. The topological polar surface area (TPSA) is 58.6 Å². The molecule has 0 aliphatic heterocycles. The molecule has 0 saturated heterocycles. The van der Waals surface area contributed by atoms with E-state index in [1.165, 1.54) is 19.3 Å². The first-order chi connectivity index (χ1) is 10.1. The number of aryl methyl sites for hydroxylation is 1. The van der Waals surface area contributed by atoms with Gasteiger partial charge in [0, 0.05) is 11.6 Å². The second kappa shape index (κ2) is 7.46. The largest absolute Gasteiger partial charge is 0.481 e. The van der Waals surface area contributed by atoms with Gasteiger partial charge >= 0.3 is 0 Å². The van der Waals surface area contributed by atoms with Gasteiger partial charge in [-0.15, -0.1) is 0 Å². The number of nitrogens with one attached hydrogen (secondary N) is 1. The molecule has 2 rings (SSSR count). The summed E-state index contributed by atoms with van der Waals surface area (Å²) in [6.45, 7) is 3.62. The fraction of sp³-hybridized carbons (Fsp3) is 0.588. The standard InChI is InChI=1S/C17H25NO3/c1-12-8-9-16(14(10-12)11-19)21-13(2)17(20)18-15-6-4-3-5-7-15/h8-10,13,15,19H,3-7,11H2,1-2H3,(H,18,20). The first-order valence-electron chi connectivity index (χ1n) is 7.77. The summed E-state index contributed by atoms with van der Waals surface area (Å²) in [5.41, 5.74) is 1.78. The average molecular weight is 291 g/mol. The van der Waals surface area contributed by atoms with Crippen LogP contribution in [0.1, 0.15) is 50.2 Å². The van der Waals surface area contributed by atoms with Crippen LogP contribution in [0.3, 0.4) is 0 Å². The third-order valence-corrected chi connectivity index (χ3v) is 4.01. The van der Waals surface area contributed by atoms with E-state index in [4.69, 9.17) is 4.74 Å². The fourth-order valence-corrected chi connectivity index (χ4v) is 2.76. The van der Waals surface area contributed by atoms with Crippen molar-refractivity contribution in [2.24, 2.45) is 0 Å². The van der Waals surface area contributed by atoms with E-state index in [9.17, 15) is 9.90 Å². The Morgan fingerprint density at radius 2 is 2.10 bits per heavy atom. The predicted molar refractivity (Wildman–Crippen MR) is 82.2 cm³/mol. The van der Waals surface area contributed by atoms with Crippen LogP contribution in [0.5, 0.6) is 5.75 Å². The van der Waals surface area contributed by atoms with Crippen molar-refractivity contribution in [2.75, 3.05) is 0 Å². The number of amides is 1. The van der Waals surface area contributed by atoms with Crippen LogP contribution in [-0.4, -0.2) is 23.2 Å². The van der Waals surface area contributed by atoms with Gasteiger partial charge in [0.25, 0.3) is 5.91 Å². The fourth-order valence-electron chi connectivity index (χ4n) is 2.76. The Morgan fingerprint density at radius 1 is 1.38 bits per heavy atom. The maximum Gasteiger partial charge on any atom is 0.260 e. The molecule has 0 heterocycles. The summed E-state index contributed by atoms with van der Waals surface area (Å²) >= 11 is 0. The zero-order valence-corrected chi connectivity index (χ0v) is 12.9. The zero-order chi connectivity index (χ0) is 15.2. The third kappa shape index (κ3) is 4.46. The van der Waals surface area contributed by atoms with Crippen molar-refractivity contribution in [2.45, 2.75) is 64.7 Å². The Kier molecular flexibility index (Phi) is 5.62. The van der Waals surface area contributed by atoms with Gasteiger partial charge in [-0.1, -0.05) is 37.0 Å². The maximum atomic E-state index is 12.2. The van der Waals surface area contributed by atoms with Crippen molar-refractivity contribution in [1.82, 2.24) is 5.32 Å². The van der Waals surface area contributed by atoms with Gasteiger partial charge in [0.05, 0.1) is 6.61 Å². The Morgan fingerprint density at radius 3 is 2.76 bits per heavy atom. The van der Waals surface area contributed by atoms with Crippen LogP contribution >= 0.6 is 0 Å². The molecule has 0 spiro atoms. The molecule has 2 N–H and O–H groups in total. The van der Waals surface area contributed by atoms with E-state index >= 15 is 0 Å². The quantitative estimate of drug-likeness (QED) is 0.877. The molecule has 4 heteroatoms. The van der Waals surface area contributed by atoms with Crippen molar-refractivity contribution in [3.05, 3.63) is 29.3 Å². The third-order valence-electron chi connectivity index (χ3n) is 4.01. The molecular formula is C17H25NO3. The molecule has 4 nitrogen and oxygen atoms in total. The highest BCUT2D eigenvalue weighted by molar-refractivity contribution is 5.81. The summed E-state index contributed by atoms with van der Waals surface area (Å²) in [4.78, 5) is 12.2. The minimum atomic E-state index is -0.556. The molecule has 1 saturated carbocycles. The number of hydrogen-bond donors (Lipinski definition) is 2. The average Bonchev–Trinajstić information content (AvgIpc) is 2.49. The summed E-state index contributed by atoms with van der Waals surface area (Å²) in [6, 6.07) is 5.89. The smallest absolute Gasteiger partial charge is 0.260 e. The minimum Gasteiger partial charge on any atom is -0.481 e. The number of ether oxygens (including phenoxy) is 1. The van der Waals surface area contributed by atoms with Crippen LogP contribution in [0.2, 0.25) is 0 Å². The van der Waals surface area contributed by atoms with E-state index in [1.54, 1.807) is 6.92 Å². The highest BCUT2D eigenvalue weighted by atomic mass is 16.5. The van der Waals surface area contributed by atoms with E-state index in [0.717, 1.165) is 18.4 Å². The Bertz CT molecular complexity index is 481. The molecule has 1 aliphatic carbocycles. The first kappa shape index (κ1) is 15.8. The van der Waals surface area contributed by atoms with Crippen molar-refractivity contribution >= 4 is 5.91 Å². The van der Waals surface area contributed by atoms with Crippen molar-refractivity contribution < 1.29 is 14.6 Å². The number of aliphatic hydroxyl groups excluding tert-OH is 1. The summed E-state index contributed by atoms with van der Waals surface area (Å²) in [7, 11) is 0. The maximum absolute atomic E-state index is 12.2. The number of carbonyl (C=O) groups excluding carboxylic acids is 1. The zero-order valence-electron chi connectivity index (χ0n) is 12.9. The highest BCUT2D eigenvalue weighted by Gasteiger charge is 2.21. The SMILES string of the molecule is Cc1ccc(OC(C)C(=O)NC2CCCCC2)c(CO)c1.